The van der Waals surface area contributed by atoms with Gasteiger partial charge in [-0.15, -0.1) is 5.10 Å². The first-order valence-corrected chi connectivity index (χ1v) is 7.59. The first kappa shape index (κ1) is 15.9. The van der Waals surface area contributed by atoms with Crippen LogP contribution in [-0.2, 0) is 10.4 Å². The molecule has 0 aliphatic rings. The fourth-order valence-electron chi connectivity index (χ4n) is 2.49. The number of nitrogens with zero attached hydrogens (tertiary/aromatic N) is 3. The van der Waals surface area contributed by atoms with E-state index >= 15 is 0 Å². The molecule has 2 N–H and O–H groups in total. The quantitative estimate of drug-likeness (QED) is 0.756. The first-order valence-electron chi connectivity index (χ1n) is 7.59. The van der Waals surface area contributed by atoms with E-state index in [9.17, 15) is 9.90 Å². The van der Waals surface area contributed by atoms with Crippen molar-refractivity contribution in [3.05, 3.63) is 72.6 Å². The van der Waals surface area contributed by atoms with Gasteiger partial charge in [0.2, 0.25) is 5.91 Å². The zero-order valence-electron chi connectivity index (χ0n) is 13.3. The van der Waals surface area contributed by atoms with Crippen LogP contribution in [0.3, 0.4) is 0 Å². The van der Waals surface area contributed by atoms with Crippen LogP contribution in [0.4, 0.5) is 5.69 Å². The molecule has 0 fully saturated rings. The summed E-state index contributed by atoms with van der Waals surface area (Å²) in [5, 5.41) is 21.0. The smallest absolute Gasteiger partial charge is 0.227 e. The predicted molar refractivity (Wildman–Crippen MR) is 90.6 cm³/mol. The van der Waals surface area contributed by atoms with Crippen molar-refractivity contribution in [3.63, 3.8) is 0 Å². The lowest BCUT2D eigenvalue weighted by Crippen LogP contribution is -2.28. The predicted octanol–water partition coefficient (Wildman–Crippen LogP) is 2.50. The van der Waals surface area contributed by atoms with Gasteiger partial charge in [0.25, 0.3) is 0 Å². The van der Waals surface area contributed by atoms with Crippen LogP contribution in [0.25, 0.3) is 5.69 Å². The Bertz CT molecular complexity index is 814. The number of carbonyl (C=O) groups excluding carboxylic acids is 1. The molecule has 1 amide bonds. The number of aromatic nitrogens is 3. The highest BCUT2D eigenvalue weighted by Crippen LogP contribution is 2.25. The molecule has 1 atom stereocenters. The maximum atomic E-state index is 12.3. The van der Waals surface area contributed by atoms with Crippen LogP contribution in [-0.4, -0.2) is 26.0 Å². The number of aliphatic hydroxyl groups is 1. The van der Waals surface area contributed by atoms with Crippen molar-refractivity contribution in [1.29, 1.82) is 0 Å². The Labute approximate surface area is 139 Å². The molecular formula is C18H18N4O2. The zero-order valence-corrected chi connectivity index (χ0v) is 13.3. The highest BCUT2D eigenvalue weighted by molar-refractivity contribution is 5.91. The lowest BCUT2D eigenvalue weighted by Gasteiger charge is -2.23. The van der Waals surface area contributed by atoms with E-state index in [4.69, 9.17) is 0 Å². The van der Waals surface area contributed by atoms with Crippen LogP contribution in [0, 0.1) is 0 Å². The largest absolute Gasteiger partial charge is 0.385 e. The minimum Gasteiger partial charge on any atom is -0.385 e. The number of amides is 1. The highest BCUT2D eigenvalue weighted by Gasteiger charge is 2.26. The standard InChI is InChI=1S/C18H18N4O2/c1-18(24,14-6-3-2-4-7-14)13-17(23)20-15-8-5-9-16(12-15)22-11-10-19-21-22/h2-12,24H,13H2,1H3,(H,20,23). The third-order valence-electron chi connectivity index (χ3n) is 3.72. The van der Waals surface area contributed by atoms with Crippen molar-refractivity contribution in [2.75, 3.05) is 5.32 Å². The summed E-state index contributed by atoms with van der Waals surface area (Å²) < 4.78 is 1.61. The molecule has 6 nitrogen and oxygen atoms in total. The molecule has 3 aromatic rings. The Morgan fingerprint density at radius 3 is 2.71 bits per heavy atom. The number of anilines is 1. The van der Waals surface area contributed by atoms with Crippen LogP contribution < -0.4 is 5.32 Å². The molecule has 0 aliphatic heterocycles. The van der Waals surface area contributed by atoms with Gasteiger partial charge in [-0.25, -0.2) is 4.68 Å². The zero-order chi connectivity index (χ0) is 17.0. The number of nitrogens with one attached hydrogen (secondary N) is 1. The van der Waals surface area contributed by atoms with Gasteiger partial charge in [-0.3, -0.25) is 4.79 Å². The van der Waals surface area contributed by atoms with Gasteiger partial charge in [0.15, 0.2) is 0 Å². The van der Waals surface area contributed by atoms with Gasteiger partial charge >= 0.3 is 0 Å². The molecule has 0 radical (unpaired) electrons. The summed E-state index contributed by atoms with van der Waals surface area (Å²) in [6.07, 6.45) is 3.27. The van der Waals surface area contributed by atoms with E-state index in [1.54, 1.807) is 48.3 Å². The molecule has 2 aromatic carbocycles. The van der Waals surface area contributed by atoms with E-state index < -0.39 is 5.60 Å². The minimum atomic E-state index is -1.23. The number of carbonyl (C=O) groups is 1. The second kappa shape index (κ2) is 6.64. The second-order valence-electron chi connectivity index (χ2n) is 5.76. The molecule has 3 rings (SSSR count). The molecule has 122 valence electrons. The molecular weight excluding hydrogens is 304 g/mol. The van der Waals surface area contributed by atoms with Gasteiger partial charge in [-0.1, -0.05) is 41.6 Å². The summed E-state index contributed by atoms with van der Waals surface area (Å²) in [5.41, 5.74) is 0.906. The SMILES string of the molecule is CC(O)(CC(=O)Nc1cccc(-n2ccnn2)c1)c1ccccc1. The Kier molecular flexibility index (Phi) is 4.39. The lowest BCUT2D eigenvalue weighted by molar-refractivity contribution is -0.120. The summed E-state index contributed by atoms with van der Waals surface area (Å²) in [6, 6.07) is 16.4. The topological polar surface area (TPSA) is 80.0 Å². The summed E-state index contributed by atoms with van der Waals surface area (Å²) in [6.45, 7) is 1.63. The molecule has 0 aliphatic carbocycles. The van der Waals surface area contributed by atoms with Crippen molar-refractivity contribution in [3.8, 4) is 5.69 Å². The van der Waals surface area contributed by atoms with Gasteiger partial charge in [0.1, 0.15) is 0 Å². The minimum absolute atomic E-state index is 0.0371. The molecule has 0 saturated carbocycles. The van der Waals surface area contributed by atoms with Crippen LogP contribution in [0.15, 0.2) is 67.0 Å². The van der Waals surface area contributed by atoms with E-state index in [1.807, 2.05) is 30.3 Å². The summed E-state index contributed by atoms with van der Waals surface area (Å²) in [5.74, 6) is -0.264. The Morgan fingerprint density at radius 1 is 1.21 bits per heavy atom. The van der Waals surface area contributed by atoms with Crippen LogP contribution >= 0.6 is 0 Å². The molecule has 24 heavy (non-hydrogen) atoms. The molecule has 1 heterocycles. The van der Waals surface area contributed by atoms with Crippen LogP contribution in [0.1, 0.15) is 18.9 Å². The van der Waals surface area contributed by atoms with Gasteiger partial charge in [-0.2, -0.15) is 0 Å². The van der Waals surface area contributed by atoms with Crippen LogP contribution in [0.5, 0.6) is 0 Å². The van der Waals surface area contributed by atoms with E-state index in [0.717, 1.165) is 5.69 Å². The molecule has 6 heteroatoms. The second-order valence-corrected chi connectivity index (χ2v) is 5.76. The fraction of sp³-hybridized carbons (Fsp3) is 0.167. The van der Waals surface area contributed by atoms with Crippen LogP contribution in [0.2, 0.25) is 0 Å². The molecule has 1 unspecified atom stereocenters. The van der Waals surface area contributed by atoms with Crippen molar-refractivity contribution >= 4 is 11.6 Å². The normalized spacial score (nSPS) is 13.2. The number of rotatable bonds is 5. The van der Waals surface area contributed by atoms with E-state index in [-0.39, 0.29) is 12.3 Å². The maximum absolute atomic E-state index is 12.3. The highest BCUT2D eigenvalue weighted by atomic mass is 16.3. The number of hydrogen-bond acceptors (Lipinski definition) is 4. The van der Waals surface area contributed by atoms with E-state index in [1.165, 1.54) is 0 Å². The Balaban J connectivity index is 1.70. The Hall–Kier alpha value is -2.99. The summed E-state index contributed by atoms with van der Waals surface area (Å²) >= 11 is 0. The fourth-order valence-corrected chi connectivity index (χ4v) is 2.49. The van der Waals surface area contributed by atoms with Crippen molar-refractivity contribution < 1.29 is 9.90 Å². The average Bonchev–Trinajstić information content (AvgIpc) is 3.10. The molecule has 0 saturated heterocycles. The number of benzene rings is 2. The van der Waals surface area contributed by atoms with Crippen molar-refractivity contribution in [1.82, 2.24) is 15.0 Å². The van der Waals surface area contributed by atoms with Gasteiger partial charge in [0, 0.05) is 5.69 Å². The maximum Gasteiger partial charge on any atom is 0.227 e. The van der Waals surface area contributed by atoms with E-state index in [0.29, 0.717) is 11.3 Å². The lowest BCUT2D eigenvalue weighted by atomic mass is 9.92. The van der Waals surface area contributed by atoms with E-state index in [2.05, 4.69) is 15.6 Å². The van der Waals surface area contributed by atoms with Gasteiger partial charge in [-0.05, 0) is 30.7 Å². The molecule has 1 aromatic heterocycles. The molecule has 0 bridgehead atoms. The van der Waals surface area contributed by atoms with Gasteiger partial charge in [0.05, 0.1) is 30.1 Å². The summed E-state index contributed by atoms with van der Waals surface area (Å²) in [7, 11) is 0. The summed E-state index contributed by atoms with van der Waals surface area (Å²) in [4.78, 5) is 12.3. The third kappa shape index (κ3) is 3.67. The monoisotopic (exact) mass is 322 g/mol. The molecule has 0 spiro atoms. The van der Waals surface area contributed by atoms with Gasteiger partial charge < -0.3 is 10.4 Å². The third-order valence-corrected chi connectivity index (χ3v) is 3.72. The Morgan fingerprint density at radius 2 is 2.00 bits per heavy atom. The average molecular weight is 322 g/mol. The van der Waals surface area contributed by atoms with Crippen molar-refractivity contribution in [2.24, 2.45) is 0 Å². The van der Waals surface area contributed by atoms with Crippen molar-refractivity contribution in [2.45, 2.75) is 18.9 Å². The first-order chi connectivity index (χ1) is 11.5. The number of hydrogen-bond donors (Lipinski definition) is 2.